The van der Waals surface area contributed by atoms with E-state index in [2.05, 4.69) is 27.1 Å². The zero-order chi connectivity index (χ0) is 20.2. The maximum absolute atomic E-state index is 8.82. The van der Waals surface area contributed by atoms with E-state index in [0.717, 1.165) is 11.4 Å². The number of halogens is 3. The van der Waals surface area contributed by atoms with Gasteiger partial charge < -0.3 is 8.85 Å². The van der Waals surface area contributed by atoms with Crippen molar-refractivity contribution in [2.75, 3.05) is 21.9 Å². The van der Waals surface area contributed by atoms with Crippen molar-refractivity contribution in [2.45, 2.75) is 0 Å². The van der Waals surface area contributed by atoms with Crippen molar-refractivity contribution < 1.29 is 0 Å². The molecule has 2 aromatic heterocycles. The fourth-order valence-electron chi connectivity index (χ4n) is 2.57. The first-order valence-corrected chi connectivity index (χ1v) is 11.2. The predicted octanol–water partition coefficient (Wildman–Crippen LogP) is 4.39. The molecule has 29 heavy (non-hydrogen) atoms. The highest BCUT2D eigenvalue weighted by atomic mass is 127. The Labute approximate surface area is 186 Å². The van der Waals surface area contributed by atoms with Gasteiger partial charge in [-0.1, -0.05) is 23.2 Å². The third-order valence-corrected chi connectivity index (χ3v) is 5.92. The van der Waals surface area contributed by atoms with Gasteiger partial charge in [0.2, 0.25) is 5.62 Å². The van der Waals surface area contributed by atoms with E-state index >= 15 is 0 Å². The van der Waals surface area contributed by atoms with Crippen molar-refractivity contribution in [3.8, 4) is 17.3 Å². The maximum Gasteiger partial charge on any atom is 0.248 e. The van der Waals surface area contributed by atoms with Gasteiger partial charge in [0.05, 0.1) is 22.8 Å². The summed E-state index contributed by atoms with van der Waals surface area (Å²) in [7, 11) is 0. The molecule has 8 nitrogen and oxygen atoms in total. The first-order chi connectivity index (χ1) is 14.1. The molecule has 0 unspecified atom stereocenters. The zero-order valence-corrected chi connectivity index (χ0v) is 18.4. The van der Waals surface area contributed by atoms with E-state index in [0.29, 0.717) is 45.8 Å². The first kappa shape index (κ1) is 19.8. The van der Waals surface area contributed by atoms with E-state index in [9.17, 15) is 0 Å². The van der Waals surface area contributed by atoms with Crippen molar-refractivity contribution >= 4 is 56.1 Å². The lowest BCUT2D eigenvalue weighted by molar-refractivity contribution is 0.768. The summed E-state index contributed by atoms with van der Waals surface area (Å²) in [4.78, 5) is 13.4. The highest BCUT2D eigenvalue weighted by molar-refractivity contribution is 14.2. The van der Waals surface area contributed by atoms with E-state index in [1.54, 1.807) is 28.9 Å². The maximum atomic E-state index is 8.82. The Balaban J connectivity index is 1.56. The average molecular weight is 539 g/mol. The normalized spacial score (nSPS) is 12.7. The van der Waals surface area contributed by atoms with Crippen LogP contribution in [0.5, 0.6) is 0 Å². The second-order valence-corrected chi connectivity index (χ2v) is 8.17. The van der Waals surface area contributed by atoms with E-state index in [1.165, 1.54) is 6.20 Å². The summed E-state index contributed by atoms with van der Waals surface area (Å²) in [6.45, 7) is 1.03. The lowest BCUT2D eigenvalue weighted by Gasteiger charge is -2.08. The number of pyridine rings is 1. The SMILES string of the molecule is N#Cc1ccc(NCCN=c2nc(-c3ccc(Cl)cc3Cl)cc3n2N=IN3)nc1. The quantitative estimate of drug-likeness (QED) is 0.285. The molecule has 0 atom stereocenters. The number of nitrogens with one attached hydrogen (secondary N) is 2. The van der Waals surface area contributed by atoms with E-state index < -0.39 is 21.3 Å². The molecule has 3 heterocycles. The topological polar surface area (TPSA) is 103 Å². The minimum atomic E-state index is -0.530. The molecule has 0 aliphatic carbocycles. The molecule has 146 valence electrons. The average Bonchev–Trinajstić information content (AvgIpc) is 3.20. The predicted molar refractivity (Wildman–Crippen MR) is 121 cm³/mol. The molecule has 3 aromatic rings. The number of anilines is 2. The van der Waals surface area contributed by atoms with Gasteiger partial charge >= 0.3 is 0 Å². The number of nitrogens with zero attached hydrogens (tertiary/aromatic N) is 6. The summed E-state index contributed by atoms with van der Waals surface area (Å²) >= 11 is 11.8. The smallest absolute Gasteiger partial charge is 0.248 e. The Kier molecular flexibility index (Phi) is 6.03. The number of benzene rings is 1. The van der Waals surface area contributed by atoms with Gasteiger partial charge in [0.25, 0.3) is 0 Å². The molecule has 1 aliphatic rings. The molecular weight excluding hydrogens is 526 g/mol. The molecule has 11 heteroatoms. The van der Waals surface area contributed by atoms with Gasteiger partial charge in [-0.25, -0.2) is 15.0 Å². The van der Waals surface area contributed by atoms with Crippen LogP contribution in [0.1, 0.15) is 5.56 Å². The number of fused-ring (bicyclic) bond motifs is 1. The minimum absolute atomic E-state index is 0.472. The lowest BCUT2D eigenvalue weighted by atomic mass is 10.1. The van der Waals surface area contributed by atoms with Gasteiger partial charge in [-0.2, -0.15) is 9.94 Å². The second-order valence-electron chi connectivity index (χ2n) is 5.87. The van der Waals surface area contributed by atoms with Gasteiger partial charge in [-0.05, 0) is 30.3 Å². The highest BCUT2D eigenvalue weighted by Gasteiger charge is 2.13. The molecule has 0 saturated heterocycles. The fraction of sp³-hybridized carbons (Fsp3) is 0.111. The Bertz CT molecular complexity index is 1200. The van der Waals surface area contributed by atoms with Crippen LogP contribution >= 0.6 is 44.5 Å². The summed E-state index contributed by atoms with van der Waals surface area (Å²) in [5.74, 6) is 1.53. The van der Waals surface area contributed by atoms with Crippen LogP contribution in [0.25, 0.3) is 11.3 Å². The van der Waals surface area contributed by atoms with Crippen molar-refractivity contribution in [1.29, 1.82) is 5.26 Å². The van der Waals surface area contributed by atoms with Crippen LogP contribution in [0.2, 0.25) is 10.0 Å². The van der Waals surface area contributed by atoms with Crippen LogP contribution in [0, 0.1) is 11.3 Å². The lowest BCUT2D eigenvalue weighted by Crippen LogP contribution is -2.23. The number of hydrogen-bond donors (Lipinski definition) is 2. The number of hydrogen-bond acceptors (Lipinski definition) is 7. The van der Waals surface area contributed by atoms with Crippen molar-refractivity contribution in [2.24, 2.45) is 8.25 Å². The molecule has 4 rings (SSSR count). The highest BCUT2D eigenvalue weighted by Crippen LogP contribution is 2.31. The largest absolute Gasteiger partial charge is 0.368 e. The van der Waals surface area contributed by atoms with Crippen molar-refractivity contribution in [3.05, 3.63) is 63.8 Å². The molecule has 0 spiro atoms. The fourth-order valence-corrected chi connectivity index (χ4v) is 4.46. The molecule has 0 radical (unpaired) electrons. The molecule has 1 aromatic carbocycles. The van der Waals surface area contributed by atoms with Crippen molar-refractivity contribution in [1.82, 2.24) is 14.6 Å². The van der Waals surface area contributed by atoms with Gasteiger partial charge in [0.1, 0.15) is 39.0 Å². The van der Waals surface area contributed by atoms with E-state index in [-0.39, 0.29) is 0 Å². The Morgan fingerprint density at radius 2 is 2.14 bits per heavy atom. The Morgan fingerprint density at radius 3 is 2.90 bits per heavy atom. The van der Waals surface area contributed by atoms with Gasteiger partial charge in [-0.15, -0.1) is 3.25 Å². The standard InChI is InChI=1S/C18H13Cl2IN8/c19-12-2-3-13(14(20)7-12)15-8-17-27-21-28-29(17)18(26-15)24-6-5-23-16-4-1-11(9-22)10-25-16/h1-4,7-8,10H,5-6H2,(H,23,25)(H,27,28). The van der Waals surface area contributed by atoms with Crippen molar-refractivity contribution in [3.63, 3.8) is 0 Å². The summed E-state index contributed by atoms with van der Waals surface area (Å²) in [6.07, 6.45) is 1.53. The van der Waals surface area contributed by atoms with Crippen LogP contribution < -0.4 is 14.5 Å². The third kappa shape index (κ3) is 4.55. The third-order valence-electron chi connectivity index (χ3n) is 3.93. The molecule has 0 bridgehead atoms. The molecule has 0 saturated carbocycles. The minimum Gasteiger partial charge on any atom is -0.368 e. The Hall–Kier alpha value is -2.55. The number of rotatable bonds is 5. The number of nitriles is 1. The van der Waals surface area contributed by atoms with Crippen LogP contribution in [-0.4, -0.2) is 27.7 Å². The zero-order valence-electron chi connectivity index (χ0n) is 14.8. The first-order valence-electron chi connectivity index (χ1n) is 8.44. The van der Waals surface area contributed by atoms with E-state index in [4.69, 9.17) is 28.5 Å². The number of aromatic nitrogens is 3. The summed E-state index contributed by atoms with van der Waals surface area (Å²) in [6, 6.07) is 12.7. The molecule has 1 aliphatic heterocycles. The van der Waals surface area contributed by atoms with Gasteiger partial charge in [0, 0.05) is 29.4 Å². The summed E-state index contributed by atoms with van der Waals surface area (Å²) < 4.78 is 9.48. The van der Waals surface area contributed by atoms with Crippen LogP contribution in [0.3, 0.4) is 0 Å². The van der Waals surface area contributed by atoms with E-state index in [1.807, 2.05) is 18.2 Å². The molecule has 2 N–H and O–H groups in total. The van der Waals surface area contributed by atoms with Gasteiger partial charge in [0.15, 0.2) is 0 Å². The monoisotopic (exact) mass is 538 g/mol. The summed E-state index contributed by atoms with van der Waals surface area (Å²) in [5.41, 5.74) is 2.50. The second kappa shape index (κ2) is 8.86. The molecular formula is C18H13Cl2IN8. The molecule has 0 fully saturated rings. The van der Waals surface area contributed by atoms with Gasteiger partial charge in [-0.3, -0.25) is 0 Å². The Morgan fingerprint density at radius 1 is 1.24 bits per heavy atom. The van der Waals surface area contributed by atoms with Crippen LogP contribution in [0.4, 0.5) is 11.6 Å². The van der Waals surface area contributed by atoms with Crippen LogP contribution in [-0.2, 0) is 0 Å². The summed E-state index contributed by atoms with van der Waals surface area (Å²) in [5, 5.41) is 13.1. The molecule has 0 amide bonds. The van der Waals surface area contributed by atoms with Crippen LogP contribution in [0.15, 0.2) is 50.8 Å².